The maximum absolute atomic E-state index is 12.0. The molecule has 17 heavy (non-hydrogen) atoms. The van der Waals surface area contributed by atoms with Gasteiger partial charge in [-0.2, -0.15) is 0 Å². The van der Waals surface area contributed by atoms with Crippen molar-refractivity contribution in [1.82, 2.24) is 4.90 Å². The fourth-order valence-corrected chi connectivity index (χ4v) is 3.11. The number of carbonyl (C=O) groups excluding carboxylic acids is 1. The molecule has 1 fully saturated rings. The lowest BCUT2D eigenvalue weighted by Crippen LogP contribution is -2.40. The largest absolute Gasteiger partial charge is 0.294 e. The second kappa shape index (κ2) is 5.76. The van der Waals surface area contributed by atoms with E-state index in [1.165, 1.54) is 0 Å². The van der Waals surface area contributed by atoms with Gasteiger partial charge >= 0.3 is 0 Å². The van der Waals surface area contributed by atoms with Crippen LogP contribution in [0.15, 0.2) is 24.3 Å². The van der Waals surface area contributed by atoms with Crippen molar-refractivity contribution in [2.75, 3.05) is 31.1 Å². The van der Waals surface area contributed by atoms with Gasteiger partial charge < -0.3 is 0 Å². The molecule has 3 nitrogen and oxygen atoms in total. The van der Waals surface area contributed by atoms with Crippen molar-refractivity contribution in [3.05, 3.63) is 34.9 Å². The van der Waals surface area contributed by atoms with E-state index in [4.69, 9.17) is 11.6 Å². The zero-order valence-corrected chi connectivity index (χ0v) is 11.0. The molecule has 0 amide bonds. The molecular formula is C12H14ClNO2S. The van der Waals surface area contributed by atoms with Crippen molar-refractivity contribution in [1.29, 1.82) is 0 Å². The first-order valence-corrected chi connectivity index (χ1v) is 7.38. The van der Waals surface area contributed by atoms with Gasteiger partial charge in [-0.05, 0) is 12.1 Å². The van der Waals surface area contributed by atoms with Crippen molar-refractivity contribution >= 4 is 28.2 Å². The van der Waals surface area contributed by atoms with Gasteiger partial charge in [-0.25, -0.2) is 0 Å². The first kappa shape index (κ1) is 12.7. The van der Waals surface area contributed by atoms with E-state index in [0.717, 1.165) is 13.1 Å². The van der Waals surface area contributed by atoms with Crippen LogP contribution in [0.25, 0.3) is 0 Å². The quantitative estimate of drug-likeness (QED) is 0.784. The maximum Gasteiger partial charge on any atom is 0.176 e. The molecule has 0 radical (unpaired) electrons. The standard InChI is InChI=1S/C12H14ClNO2S/c13-11-3-1-2-10(8-11)12(15)9-14-4-6-17(16)7-5-14/h1-3,8H,4-7,9H2. The molecule has 5 heteroatoms. The number of hydrogen-bond acceptors (Lipinski definition) is 3. The van der Waals surface area contributed by atoms with Gasteiger partial charge in [-0.3, -0.25) is 13.9 Å². The van der Waals surface area contributed by atoms with E-state index in [1.807, 2.05) is 4.90 Å². The van der Waals surface area contributed by atoms with Crippen LogP contribution in [0.4, 0.5) is 0 Å². The topological polar surface area (TPSA) is 37.4 Å². The molecule has 0 aromatic heterocycles. The summed E-state index contributed by atoms with van der Waals surface area (Å²) in [5.74, 6) is 1.41. The first-order chi connectivity index (χ1) is 8.15. The third kappa shape index (κ3) is 3.63. The SMILES string of the molecule is O=C(CN1CCS(=O)CC1)c1cccc(Cl)c1. The molecule has 1 aliphatic rings. The van der Waals surface area contributed by atoms with Crippen LogP contribution in [0.5, 0.6) is 0 Å². The van der Waals surface area contributed by atoms with Crippen LogP contribution in [0.3, 0.4) is 0 Å². The molecule has 0 bridgehead atoms. The van der Waals surface area contributed by atoms with Gasteiger partial charge in [0.05, 0.1) is 6.54 Å². The lowest BCUT2D eigenvalue weighted by atomic mass is 10.1. The Morgan fingerprint density at radius 3 is 2.71 bits per heavy atom. The summed E-state index contributed by atoms with van der Waals surface area (Å²) >= 11 is 5.84. The van der Waals surface area contributed by atoms with Crippen LogP contribution in [-0.4, -0.2) is 46.0 Å². The molecule has 1 aliphatic heterocycles. The molecular weight excluding hydrogens is 258 g/mol. The molecule has 0 N–H and O–H groups in total. The Morgan fingerprint density at radius 1 is 1.35 bits per heavy atom. The Morgan fingerprint density at radius 2 is 2.06 bits per heavy atom. The number of halogens is 1. The molecule has 0 unspecified atom stereocenters. The fourth-order valence-electron chi connectivity index (χ4n) is 1.79. The number of ketones is 1. The van der Waals surface area contributed by atoms with Crippen molar-refractivity contribution in [3.63, 3.8) is 0 Å². The predicted octanol–water partition coefficient (Wildman–Crippen LogP) is 1.59. The molecule has 1 heterocycles. The molecule has 0 saturated carbocycles. The molecule has 0 aliphatic carbocycles. The van der Waals surface area contributed by atoms with Gasteiger partial charge in [-0.15, -0.1) is 0 Å². The van der Waals surface area contributed by atoms with E-state index < -0.39 is 10.8 Å². The van der Waals surface area contributed by atoms with Crippen LogP contribution < -0.4 is 0 Å². The Hall–Kier alpha value is -0.710. The van der Waals surface area contributed by atoms with Gasteiger partial charge in [0, 0.05) is 46.0 Å². The molecule has 92 valence electrons. The Labute approximate surface area is 108 Å². The van der Waals surface area contributed by atoms with Crippen LogP contribution in [0, 0.1) is 0 Å². The average Bonchev–Trinajstić information content (AvgIpc) is 2.32. The van der Waals surface area contributed by atoms with Gasteiger partial charge in [0.25, 0.3) is 0 Å². The molecule has 2 rings (SSSR count). The first-order valence-electron chi connectivity index (χ1n) is 5.51. The zero-order valence-electron chi connectivity index (χ0n) is 9.39. The molecule has 0 spiro atoms. The van der Waals surface area contributed by atoms with Gasteiger partial charge in [0.15, 0.2) is 5.78 Å². The maximum atomic E-state index is 12.0. The van der Waals surface area contributed by atoms with Crippen molar-refractivity contribution in [3.8, 4) is 0 Å². The van der Waals surface area contributed by atoms with Crippen molar-refractivity contribution in [2.24, 2.45) is 0 Å². The van der Waals surface area contributed by atoms with Crippen LogP contribution in [0.2, 0.25) is 5.02 Å². The summed E-state index contributed by atoms with van der Waals surface area (Å²) in [4.78, 5) is 14.0. The van der Waals surface area contributed by atoms with E-state index in [0.29, 0.717) is 28.6 Å². The highest BCUT2D eigenvalue weighted by Crippen LogP contribution is 2.12. The van der Waals surface area contributed by atoms with E-state index in [2.05, 4.69) is 0 Å². The highest BCUT2D eigenvalue weighted by atomic mass is 35.5. The minimum absolute atomic E-state index is 0.0696. The third-order valence-electron chi connectivity index (χ3n) is 2.78. The van der Waals surface area contributed by atoms with Gasteiger partial charge in [-0.1, -0.05) is 23.7 Å². The number of carbonyl (C=O) groups is 1. The summed E-state index contributed by atoms with van der Waals surface area (Å²) in [5.41, 5.74) is 0.643. The number of benzene rings is 1. The summed E-state index contributed by atoms with van der Waals surface area (Å²) in [6.07, 6.45) is 0. The average molecular weight is 272 g/mol. The Balaban J connectivity index is 1.95. The van der Waals surface area contributed by atoms with E-state index in [1.54, 1.807) is 24.3 Å². The number of Topliss-reactive ketones (excluding diaryl/α,β-unsaturated/α-hetero) is 1. The third-order valence-corrected chi connectivity index (χ3v) is 4.30. The molecule has 1 aromatic carbocycles. The second-order valence-electron chi connectivity index (χ2n) is 4.06. The lowest BCUT2D eigenvalue weighted by Gasteiger charge is -2.25. The highest BCUT2D eigenvalue weighted by molar-refractivity contribution is 7.85. The summed E-state index contributed by atoms with van der Waals surface area (Å²) in [5, 5.41) is 0.579. The minimum Gasteiger partial charge on any atom is -0.294 e. The Bertz CT molecular complexity index is 440. The highest BCUT2D eigenvalue weighted by Gasteiger charge is 2.18. The fraction of sp³-hybridized carbons (Fsp3) is 0.417. The summed E-state index contributed by atoms with van der Waals surface area (Å²) in [7, 11) is -0.698. The monoisotopic (exact) mass is 271 g/mol. The number of nitrogens with zero attached hydrogens (tertiary/aromatic N) is 1. The second-order valence-corrected chi connectivity index (χ2v) is 6.19. The predicted molar refractivity (Wildman–Crippen MR) is 70.1 cm³/mol. The van der Waals surface area contributed by atoms with E-state index >= 15 is 0 Å². The van der Waals surface area contributed by atoms with E-state index in [-0.39, 0.29) is 5.78 Å². The Kier molecular flexibility index (Phi) is 4.31. The van der Waals surface area contributed by atoms with Crippen LogP contribution in [-0.2, 0) is 10.8 Å². The van der Waals surface area contributed by atoms with Crippen LogP contribution in [0.1, 0.15) is 10.4 Å². The normalized spacial score (nSPS) is 18.2. The van der Waals surface area contributed by atoms with Gasteiger partial charge in [0.1, 0.15) is 0 Å². The number of rotatable bonds is 3. The van der Waals surface area contributed by atoms with Crippen molar-refractivity contribution < 1.29 is 9.00 Å². The van der Waals surface area contributed by atoms with Crippen molar-refractivity contribution in [2.45, 2.75) is 0 Å². The molecule has 1 saturated heterocycles. The summed E-state index contributed by atoms with van der Waals surface area (Å²) < 4.78 is 11.2. The lowest BCUT2D eigenvalue weighted by molar-refractivity contribution is 0.0936. The van der Waals surface area contributed by atoms with E-state index in [9.17, 15) is 9.00 Å². The van der Waals surface area contributed by atoms with Gasteiger partial charge in [0.2, 0.25) is 0 Å². The minimum atomic E-state index is -0.698. The van der Waals surface area contributed by atoms with Crippen LogP contribution >= 0.6 is 11.6 Å². The number of hydrogen-bond donors (Lipinski definition) is 0. The molecule has 0 atom stereocenters. The zero-order chi connectivity index (χ0) is 12.3. The molecule has 1 aromatic rings. The summed E-state index contributed by atoms with van der Waals surface area (Å²) in [6, 6.07) is 6.99. The summed E-state index contributed by atoms with van der Waals surface area (Å²) in [6.45, 7) is 1.86. The smallest absolute Gasteiger partial charge is 0.176 e.